The van der Waals surface area contributed by atoms with Crippen LogP contribution in [0.15, 0.2) is 58.3 Å². The van der Waals surface area contributed by atoms with E-state index in [0.717, 1.165) is 12.8 Å². The van der Waals surface area contributed by atoms with Crippen molar-refractivity contribution in [2.24, 2.45) is 0 Å². The van der Waals surface area contributed by atoms with Crippen molar-refractivity contribution in [3.63, 3.8) is 0 Å². The van der Waals surface area contributed by atoms with Crippen molar-refractivity contribution in [3.05, 3.63) is 54.3 Å². The number of carbonyl (C=O) groups is 1. The molecular formula is C17H19N5O2S. The zero-order chi connectivity index (χ0) is 17.5. The third kappa shape index (κ3) is 4.63. The second kappa shape index (κ2) is 8.39. The van der Waals surface area contributed by atoms with Crippen LogP contribution in [0.1, 0.15) is 12.0 Å². The summed E-state index contributed by atoms with van der Waals surface area (Å²) >= 11 is 1.24. The van der Waals surface area contributed by atoms with Crippen molar-refractivity contribution in [1.29, 1.82) is 0 Å². The summed E-state index contributed by atoms with van der Waals surface area (Å²) in [4.78, 5) is 11.9. The lowest BCUT2D eigenvalue weighted by molar-refractivity contribution is -0.118. The molecule has 0 unspecified atom stereocenters. The van der Waals surface area contributed by atoms with Gasteiger partial charge in [0.05, 0.1) is 12.0 Å². The van der Waals surface area contributed by atoms with Gasteiger partial charge in [0.25, 0.3) is 0 Å². The predicted molar refractivity (Wildman–Crippen MR) is 96.4 cm³/mol. The Morgan fingerprint density at radius 3 is 2.80 bits per heavy atom. The van der Waals surface area contributed by atoms with Crippen molar-refractivity contribution in [2.75, 3.05) is 18.1 Å². The van der Waals surface area contributed by atoms with Gasteiger partial charge in [0.15, 0.2) is 5.76 Å². The first-order valence-electron chi connectivity index (χ1n) is 7.92. The number of nitrogen functional groups attached to an aromatic ring is 1. The van der Waals surface area contributed by atoms with Gasteiger partial charge < -0.3 is 15.6 Å². The van der Waals surface area contributed by atoms with Gasteiger partial charge in [0.1, 0.15) is 0 Å². The molecule has 0 aliphatic carbocycles. The maximum absolute atomic E-state index is 11.9. The van der Waals surface area contributed by atoms with Gasteiger partial charge in [0.2, 0.25) is 16.9 Å². The number of nitrogens with one attached hydrogen (secondary N) is 1. The maximum Gasteiger partial charge on any atom is 0.230 e. The highest BCUT2D eigenvalue weighted by Gasteiger charge is 2.15. The lowest BCUT2D eigenvalue weighted by atomic mass is 10.1. The van der Waals surface area contributed by atoms with Crippen molar-refractivity contribution >= 4 is 17.7 Å². The topological polar surface area (TPSA) is 99.0 Å². The Hall–Kier alpha value is -2.74. The van der Waals surface area contributed by atoms with E-state index < -0.39 is 0 Å². The fraction of sp³-hybridized carbons (Fsp3) is 0.235. The fourth-order valence-corrected chi connectivity index (χ4v) is 2.98. The van der Waals surface area contributed by atoms with Gasteiger partial charge >= 0.3 is 0 Å². The molecule has 0 bridgehead atoms. The highest BCUT2D eigenvalue weighted by atomic mass is 32.2. The normalized spacial score (nSPS) is 10.7. The molecule has 0 saturated carbocycles. The van der Waals surface area contributed by atoms with E-state index in [1.165, 1.54) is 22.0 Å². The molecule has 130 valence electrons. The fourth-order valence-electron chi connectivity index (χ4n) is 2.30. The number of hydrogen-bond donors (Lipinski definition) is 2. The van der Waals surface area contributed by atoms with Gasteiger partial charge in [0, 0.05) is 6.54 Å². The molecule has 3 rings (SSSR count). The largest absolute Gasteiger partial charge is 0.461 e. The molecule has 25 heavy (non-hydrogen) atoms. The summed E-state index contributed by atoms with van der Waals surface area (Å²) < 4.78 is 6.57. The van der Waals surface area contributed by atoms with Crippen LogP contribution in [0.4, 0.5) is 0 Å². The van der Waals surface area contributed by atoms with Crippen LogP contribution in [0, 0.1) is 0 Å². The molecule has 8 heteroatoms. The maximum atomic E-state index is 11.9. The zero-order valence-electron chi connectivity index (χ0n) is 13.6. The number of aromatic nitrogens is 3. The highest BCUT2D eigenvalue weighted by Crippen LogP contribution is 2.21. The summed E-state index contributed by atoms with van der Waals surface area (Å²) in [6.45, 7) is 0.640. The third-order valence-electron chi connectivity index (χ3n) is 3.55. The van der Waals surface area contributed by atoms with E-state index in [-0.39, 0.29) is 11.7 Å². The molecule has 0 aliphatic rings. The SMILES string of the molecule is Nn1c(SCC(=O)NCCCc2ccccc2)nnc1-c1ccco1. The molecule has 1 amide bonds. The lowest BCUT2D eigenvalue weighted by Crippen LogP contribution is -2.26. The van der Waals surface area contributed by atoms with Gasteiger partial charge in [-0.05, 0) is 30.5 Å². The van der Waals surface area contributed by atoms with E-state index in [2.05, 4.69) is 27.6 Å². The number of rotatable bonds is 8. The van der Waals surface area contributed by atoms with Gasteiger partial charge in [-0.25, -0.2) is 4.68 Å². The molecule has 0 saturated heterocycles. The van der Waals surface area contributed by atoms with Gasteiger partial charge in [-0.3, -0.25) is 4.79 Å². The van der Waals surface area contributed by atoms with Gasteiger partial charge in [-0.2, -0.15) is 0 Å². The van der Waals surface area contributed by atoms with E-state index in [1.807, 2.05) is 18.2 Å². The number of nitrogens with two attached hydrogens (primary N) is 1. The monoisotopic (exact) mass is 357 g/mol. The molecule has 0 fully saturated rings. The number of hydrogen-bond acceptors (Lipinski definition) is 6. The third-order valence-corrected chi connectivity index (χ3v) is 4.49. The minimum absolute atomic E-state index is 0.0550. The van der Waals surface area contributed by atoms with Gasteiger partial charge in [-0.15, -0.1) is 10.2 Å². The van der Waals surface area contributed by atoms with Crippen LogP contribution in [-0.4, -0.2) is 33.1 Å². The van der Waals surface area contributed by atoms with Crippen LogP contribution in [0.25, 0.3) is 11.6 Å². The summed E-state index contributed by atoms with van der Waals surface area (Å²) in [5, 5.41) is 11.3. The molecule has 7 nitrogen and oxygen atoms in total. The average molecular weight is 357 g/mol. The lowest BCUT2D eigenvalue weighted by Gasteiger charge is -2.05. The predicted octanol–water partition coefficient (Wildman–Crippen LogP) is 2.09. The molecule has 3 N–H and O–H groups in total. The summed E-state index contributed by atoms with van der Waals surface area (Å²) in [6, 6.07) is 13.7. The quantitative estimate of drug-likeness (QED) is 0.364. The van der Waals surface area contributed by atoms with Crippen molar-refractivity contribution in [1.82, 2.24) is 20.2 Å². The van der Waals surface area contributed by atoms with E-state index in [0.29, 0.717) is 23.3 Å². The number of amides is 1. The van der Waals surface area contributed by atoms with Crippen LogP contribution in [0.5, 0.6) is 0 Å². The van der Waals surface area contributed by atoms with E-state index in [4.69, 9.17) is 10.3 Å². The van der Waals surface area contributed by atoms with Gasteiger partial charge in [-0.1, -0.05) is 42.1 Å². The number of benzene rings is 1. The first-order chi connectivity index (χ1) is 12.2. The summed E-state index contributed by atoms with van der Waals surface area (Å²) in [7, 11) is 0. The number of furan rings is 1. The highest BCUT2D eigenvalue weighted by molar-refractivity contribution is 7.99. The Balaban J connectivity index is 1.41. The van der Waals surface area contributed by atoms with Crippen molar-refractivity contribution < 1.29 is 9.21 Å². The first-order valence-corrected chi connectivity index (χ1v) is 8.90. The smallest absolute Gasteiger partial charge is 0.230 e. The summed E-state index contributed by atoms with van der Waals surface area (Å²) in [5.41, 5.74) is 1.27. The Kier molecular flexibility index (Phi) is 5.73. The van der Waals surface area contributed by atoms with Crippen molar-refractivity contribution in [3.8, 4) is 11.6 Å². The van der Waals surface area contributed by atoms with Crippen LogP contribution < -0.4 is 11.2 Å². The van der Waals surface area contributed by atoms with E-state index in [9.17, 15) is 4.79 Å². The van der Waals surface area contributed by atoms with Crippen LogP contribution in [0.2, 0.25) is 0 Å². The molecule has 3 aromatic rings. The Labute approximate surface area is 149 Å². The summed E-state index contributed by atoms with van der Waals surface area (Å²) in [5.74, 6) is 7.09. The second-order valence-electron chi connectivity index (χ2n) is 5.38. The number of aryl methyl sites for hydroxylation is 1. The Bertz CT molecular complexity index is 802. The first kappa shape index (κ1) is 17.1. The molecule has 0 atom stereocenters. The minimum atomic E-state index is -0.0550. The standard InChI is InChI=1S/C17H19N5O2S/c18-22-16(14-9-5-11-24-14)20-21-17(22)25-12-15(23)19-10-4-8-13-6-2-1-3-7-13/h1-3,5-7,9,11H,4,8,10,12,18H2,(H,19,23). The summed E-state index contributed by atoms with van der Waals surface area (Å²) in [6.07, 6.45) is 3.38. The molecule has 2 aromatic heterocycles. The molecule has 0 radical (unpaired) electrons. The number of nitrogens with zero attached hydrogens (tertiary/aromatic N) is 3. The van der Waals surface area contributed by atoms with Crippen LogP contribution in [0.3, 0.4) is 0 Å². The molecular weight excluding hydrogens is 338 g/mol. The molecule has 0 aliphatic heterocycles. The van der Waals surface area contributed by atoms with Crippen molar-refractivity contribution in [2.45, 2.75) is 18.0 Å². The van der Waals surface area contributed by atoms with Crippen LogP contribution in [-0.2, 0) is 11.2 Å². The Morgan fingerprint density at radius 1 is 1.20 bits per heavy atom. The minimum Gasteiger partial charge on any atom is -0.461 e. The molecule has 1 aromatic carbocycles. The molecule has 2 heterocycles. The molecule has 0 spiro atoms. The van der Waals surface area contributed by atoms with Crippen LogP contribution >= 0.6 is 11.8 Å². The average Bonchev–Trinajstić information content (AvgIpc) is 3.27. The Morgan fingerprint density at radius 2 is 2.04 bits per heavy atom. The zero-order valence-corrected chi connectivity index (χ0v) is 14.4. The second-order valence-corrected chi connectivity index (χ2v) is 6.32. The number of carbonyl (C=O) groups excluding carboxylic acids is 1. The number of thioether (sulfide) groups is 1. The van der Waals surface area contributed by atoms with E-state index in [1.54, 1.807) is 18.4 Å². The van der Waals surface area contributed by atoms with E-state index >= 15 is 0 Å².